The molecule has 0 aliphatic rings. The molecule has 1 aromatic rings. The molecular formula is C8H11NO9P2. The second-order valence-electron chi connectivity index (χ2n) is 4.02. The van der Waals surface area contributed by atoms with Crippen molar-refractivity contribution >= 4 is 20.9 Å². The van der Waals surface area contributed by atoms with Crippen molar-refractivity contribution in [3.8, 4) is 5.75 Å². The molecule has 0 aromatic heterocycles. The van der Waals surface area contributed by atoms with Crippen LogP contribution in [0.3, 0.4) is 0 Å². The molecule has 0 atom stereocenters. The SMILES string of the molecule is O=[N+]([O-])c1cc(CP(=O)(O)O)c(O)c(CP(=O)(O)O)c1. The summed E-state index contributed by atoms with van der Waals surface area (Å²) >= 11 is 0. The Morgan fingerprint density at radius 2 is 1.35 bits per heavy atom. The third-order valence-electron chi connectivity index (χ3n) is 2.22. The molecule has 10 nitrogen and oxygen atoms in total. The average Bonchev–Trinajstić information content (AvgIpc) is 2.19. The Morgan fingerprint density at radius 1 is 1.00 bits per heavy atom. The van der Waals surface area contributed by atoms with E-state index in [2.05, 4.69) is 0 Å². The quantitative estimate of drug-likeness (QED) is 0.295. The lowest BCUT2D eigenvalue weighted by molar-refractivity contribution is -0.385. The van der Waals surface area contributed by atoms with Crippen LogP contribution in [0.5, 0.6) is 5.75 Å². The topological polar surface area (TPSA) is 178 Å². The first-order valence-corrected chi connectivity index (χ1v) is 8.57. The molecule has 0 bridgehead atoms. The summed E-state index contributed by atoms with van der Waals surface area (Å²) in [6.07, 6.45) is -1.96. The van der Waals surface area contributed by atoms with E-state index < -0.39 is 55.0 Å². The van der Waals surface area contributed by atoms with Crippen LogP contribution in [-0.4, -0.2) is 29.6 Å². The Hall–Kier alpha value is -1.28. The minimum atomic E-state index is -4.61. The molecule has 0 fully saturated rings. The summed E-state index contributed by atoms with van der Waals surface area (Å²) in [4.78, 5) is 45.1. The number of phenolic OH excluding ortho intramolecular Hbond substituents is 1. The van der Waals surface area contributed by atoms with Gasteiger partial charge in [-0.1, -0.05) is 0 Å². The van der Waals surface area contributed by atoms with Crippen LogP contribution in [-0.2, 0) is 21.5 Å². The molecular weight excluding hydrogens is 316 g/mol. The number of hydrogen-bond acceptors (Lipinski definition) is 5. The Labute approximate surface area is 112 Å². The molecule has 1 rings (SSSR count). The molecule has 0 spiro atoms. The highest BCUT2D eigenvalue weighted by Gasteiger charge is 2.25. The summed E-state index contributed by atoms with van der Waals surface area (Å²) in [5, 5.41) is 20.4. The lowest BCUT2D eigenvalue weighted by atomic mass is 10.1. The normalized spacial score (nSPS) is 12.4. The third kappa shape index (κ3) is 5.01. The predicted molar refractivity (Wildman–Crippen MR) is 66.3 cm³/mol. The fourth-order valence-corrected chi connectivity index (χ4v) is 2.90. The minimum Gasteiger partial charge on any atom is -0.507 e. The van der Waals surface area contributed by atoms with Gasteiger partial charge in [-0.3, -0.25) is 19.2 Å². The number of nitrogens with zero attached hydrogens (tertiary/aromatic N) is 1. The zero-order valence-electron chi connectivity index (χ0n) is 9.78. The van der Waals surface area contributed by atoms with E-state index in [9.17, 15) is 24.4 Å². The number of phenols is 1. The van der Waals surface area contributed by atoms with Crippen LogP contribution < -0.4 is 0 Å². The van der Waals surface area contributed by atoms with E-state index in [0.717, 1.165) is 12.1 Å². The highest BCUT2D eigenvalue weighted by Crippen LogP contribution is 2.47. The fraction of sp³-hybridized carbons (Fsp3) is 0.250. The van der Waals surface area contributed by atoms with Crippen molar-refractivity contribution in [1.82, 2.24) is 0 Å². The Morgan fingerprint density at radius 3 is 1.60 bits per heavy atom. The van der Waals surface area contributed by atoms with Gasteiger partial charge in [0, 0.05) is 23.3 Å². The van der Waals surface area contributed by atoms with Crippen molar-refractivity contribution in [2.45, 2.75) is 12.3 Å². The second-order valence-corrected chi connectivity index (χ2v) is 7.31. The van der Waals surface area contributed by atoms with Gasteiger partial charge < -0.3 is 24.7 Å². The molecule has 0 amide bonds. The monoisotopic (exact) mass is 327 g/mol. The van der Waals surface area contributed by atoms with Crippen LogP contribution in [0.15, 0.2) is 12.1 Å². The van der Waals surface area contributed by atoms with Gasteiger partial charge in [-0.2, -0.15) is 0 Å². The van der Waals surface area contributed by atoms with Gasteiger partial charge in [-0.05, 0) is 0 Å². The van der Waals surface area contributed by atoms with Crippen molar-refractivity contribution in [3.63, 3.8) is 0 Å². The number of nitro benzene ring substituents is 1. The number of rotatable bonds is 5. The molecule has 0 saturated heterocycles. The largest absolute Gasteiger partial charge is 0.507 e. The van der Waals surface area contributed by atoms with Gasteiger partial charge in [0.25, 0.3) is 5.69 Å². The van der Waals surface area contributed by atoms with E-state index in [-0.39, 0.29) is 0 Å². The summed E-state index contributed by atoms with van der Waals surface area (Å²) in [6.45, 7) is 0. The smallest absolute Gasteiger partial charge is 0.330 e. The van der Waals surface area contributed by atoms with E-state index in [1.807, 2.05) is 0 Å². The summed E-state index contributed by atoms with van der Waals surface area (Å²) in [7, 11) is -9.22. The van der Waals surface area contributed by atoms with Gasteiger partial charge in [-0.15, -0.1) is 0 Å². The average molecular weight is 327 g/mol. The van der Waals surface area contributed by atoms with E-state index in [1.54, 1.807) is 0 Å². The van der Waals surface area contributed by atoms with Crippen LogP contribution in [0, 0.1) is 10.1 Å². The van der Waals surface area contributed by atoms with Gasteiger partial charge in [0.1, 0.15) is 5.75 Å². The van der Waals surface area contributed by atoms with Crippen LogP contribution >= 0.6 is 15.2 Å². The van der Waals surface area contributed by atoms with E-state index in [1.165, 1.54) is 0 Å². The molecule has 0 heterocycles. The molecule has 1 aromatic carbocycles. The first-order valence-electron chi connectivity index (χ1n) is 4.97. The molecule has 12 heteroatoms. The molecule has 0 unspecified atom stereocenters. The van der Waals surface area contributed by atoms with Crippen molar-refractivity contribution < 1.29 is 38.7 Å². The molecule has 20 heavy (non-hydrogen) atoms. The maximum atomic E-state index is 10.9. The van der Waals surface area contributed by atoms with Crippen molar-refractivity contribution in [2.24, 2.45) is 0 Å². The van der Waals surface area contributed by atoms with Gasteiger partial charge in [-0.25, -0.2) is 0 Å². The van der Waals surface area contributed by atoms with Gasteiger partial charge >= 0.3 is 15.2 Å². The van der Waals surface area contributed by atoms with E-state index in [4.69, 9.17) is 19.6 Å². The Bertz CT molecular complexity index is 586. The molecule has 0 saturated carbocycles. The minimum absolute atomic E-state index is 0.448. The highest BCUT2D eigenvalue weighted by atomic mass is 31.2. The molecule has 112 valence electrons. The number of hydrogen-bond donors (Lipinski definition) is 5. The standard InChI is InChI=1S/C8H11NO9P2/c10-8-5(3-19(13,14)15)1-7(9(11)12)2-6(8)4-20(16,17)18/h1-2,10H,3-4H2,(H2,13,14,15)(H2,16,17,18). The second kappa shape index (κ2) is 5.61. The van der Waals surface area contributed by atoms with Gasteiger partial charge in [0.05, 0.1) is 17.2 Å². The molecule has 0 aliphatic heterocycles. The van der Waals surface area contributed by atoms with Gasteiger partial charge in [0.2, 0.25) is 0 Å². The molecule has 0 radical (unpaired) electrons. The Kier molecular flexibility index (Phi) is 4.70. The Balaban J connectivity index is 3.40. The molecule has 5 N–H and O–H groups in total. The van der Waals surface area contributed by atoms with Gasteiger partial charge in [0.15, 0.2) is 0 Å². The molecule has 0 aliphatic carbocycles. The number of nitro groups is 1. The highest BCUT2D eigenvalue weighted by molar-refractivity contribution is 7.51. The summed E-state index contributed by atoms with van der Waals surface area (Å²) in [5.41, 5.74) is -1.53. The van der Waals surface area contributed by atoms with Crippen LogP contribution in [0.1, 0.15) is 11.1 Å². The maximum absolute atomic E-state index is 10.9. The summed E-state index contributed by atoms with van der Waals surface area (Å²) < 4.78 is 21.8. The number of aromatic hydroxyl groups is 1. The summed E-state index contributed by atoms with van der Waals surface area (Å²) in [5.74, 6) is -0.776. The fourth-order valence-electron chi connectivity index (χ4n) is 1.53. The maximum Gasteiger partial charge on any atom is 0.330 e. The predicted octanol–water partition coefficient (Wildman–Crippen LogP) is 0.656. The summed E-state index contributed by atoms with van der Waals surface area (Å²) in [6, 6.07) is 1.50. The zero-order valence-corrected chi connectivity index (χ0v) is 11.6. The first-order chi connectivity index (χ1) is 8.89. The van der Waals surface area contributed by atoms with E-state index >= 15 is 0 Å². The van der Waals surface area contributed by atoms with Crippen molar-refractivity contribution in [1.29, 1.82) is 0 Å². The zero-order chi connectivity index (χ0) is 15.7. The van der Waals surface area contributed by atoms with E-state index in [0.29, 0.717) is 0 Å². The van der Waals surface area contributed by atoms with Crippen LogP contribution in [0.4, 0.5) is 5.69 Å². The number of benzene rings is 1. The van der Waals surface area contributed by atoms with Crippen LogP contribution in [0.2, 0.25) is 0 Å². The van der Waals surface area contributed by atoms with Crippen molar-refractivity contribution in [2.75, 3.05) is 0 Å². The van der Waals surface area contributed by atoms with Crippen LogP contribution in [0.25, 0.3) is 0 Å². The lowest BCUT2D eigenvalue weighted by Crippen LogP contribution is -1.98. The number of non-ortho nitro benzene ring substituents is 1. The first kappa shape index (κ1) is 16.8. The lowest BCUT2D eigenvalue weighted by Gasteiger charge is -2.11. The van der Waals surface area contributed by atoms with Crippen molar-refractivity contribution in [3.05, 3.63) is 33.4 Å². The third-order valence-corrected chi connectivity index (χ3v) is 3.72.